The van der Waals surface area contributed by atoms with Gasteiger partial charge in [0.1, 0.15) is 12.6 Å². The molecule has 0 radical (unpaired) electrons. The zero-order valence-corrected chi connectivity index (χ0v) is 15.4. The third-order valence-corrected chi connectivity index (χ3v) is 3.61. The van der Waals surface area contributed by atoms with E-state index in [1.807, 2.05) is 6.07 Å². The number of esters is 1. The van der Waals surface area contributed by atoms with Gasteiger partial charge in [-0.05, 0) is 12.0 Å². The maximum atomic E-state index is 11.8. The number of methoxy groups -OCH3 is 1. The third-order valence-electron chi connectivity index (χ3n) is 3.61. The molecule has 0 aliphatic heterocycles. The Morgan fingerprint density at radius 3 is 2.43 bits per heavy atom. The summed E-state index contributed by atoms with van der Waals surface area (Å²) in [5, 5.41) is 23.4. The summed E-state index contributed by atoms with van der Waals surface area (Å²) in [5.74, 6) is -2.64. The highest BCUT2D eigenvalue weighted by Crippen LogP contribution is 2.02. The minimum atomic E-state index is -1.31. The monoisotopic (exact) mass is 396 g/mol. The van der Waals surface area contributed by atoms with E-state index in [4.69, 9.17) is 9.84 Å². The molecule has 1 rings (SSSR count). The quantitative estimate of drug-likeness (QED) is 0.387. The van der Waals surface area contributed by atoms with Crippen molar-refractivity contribution >= 4 is 23.9 Å². The standard InChI is InChI=1S/C18H24N2O8/c1-27-16(23)8-7-14(17(24)25)20-15(22)9-13(21)10-19-18(26)28-11-12-5-3-2-4-6-12/h2-6,13-14,21H,7-11H2,1H3,(H,19,26)(H,20,22)(H,24,25)/t13-,14+/m0/s1. The average molecular weight is 396 g/mol. The lowest BCUT2D eigenvalue weighted by Crippen LogP contribution is -2.43. The minimum Gasteiger partial charge on any atom is -0.480 e. The fourth-order valence-electron chi connectivity index (χ4n) is 2.14. The predicted octanol–water partition coefficient (Wildman–Crippen LogP) is 0.186. The van der Waals surface area contributed by atoms with Crippen LogP contribution in [-0.2, 0) is 30.5 Å². The Morgan fingerprint density at radius 2 is 1.82 bits per heavy atom. The van der Waals surface area contributed by atoms with Gasteiger partial charge in [0.25, 0.3) is 0 Å². The molecule has 4 N–H and O–H groups in total. The van der Waals surface area contributed by atoms with Crippen LogP contribution in [0.1, 0.15) is 24.8 Å². The maximum absolute atomic E-state index is 11.8. The number of alkyl carbamates (subject to hydrolysis) is 1. The molecule has 0 bridgehead atoms. The number of amides is 2. The first-order valence-corrected chi connectivity index (χ1v) is 8.53. The first-order valence-electron chi connectivity index (χ1n) is 8.53. The summed E-state index contributed by atoms with van der Waals surface area (Å²) >= 11 is 0. The van der Waals surface area contributed by atoms with Crippen LogP contribution in [0.2, 0.25) is 0 Å². The fourth-order valence-corrected chi connectivity index (χ4v) is 2.14. The molecule has 10 nitrogen and oxygen atoms in total. The van der Waals surface area contributed by atoms with Crippen molar-refractivity contribution in [2.45, 2.75) is 38.0 Å². The summed E-state index contributed by atoms with van der Waals surface area (Å²) in [6, 6.07) is 7.71. The topological polar surface area (TPSA) is 151 Å². The van der Waals surface area contributed by atoms with Crippen LogP contribution in [0.15, 0.2) is 30.3 Å². The lowest BCUT2D eigenvalue weighted by Gasteiger charge is -2.16. The zero-order valence-electron chi connectivity index (χ0n) is 15.4. The number of rotatable bonds is 11. The van der Waals surface area contributed by atoms with E-state index in [2.05, 4.69) is 15.4 Å². The minimum absolute atomic E-state index is 0.0593. The van der Waals surface area contributed by atoms with Gasteiger partial charge in [0.15, 0.2) is 0 Å². The van der Waals surface area contributed by atoms with Crippen LogP contribution in [0, 0.1) is 0 Å². The Labute approximate surface area is 161 Å². The van der Waals surface area contributed by atoms with Gasteiger partial charge in [0, 0.05) is 13.0 Å². The summed E-state index contributed by atoms with van der Waals surface area (Å²) in [6.07, 6.45) is -2.75. The van der Waals surface area contributed by atoms with Crippen LogP contribution >= 0.6 is 0 Å². The smallest absolute Gasteiger partial charge is 0.407 e. The molecule has 2 amide bonds. The van der Waals surface area contributed by atoms with E-state index in [1.165, 1.54) is 7.11 Å². The van der Waals surface area contributed by atoms with Crippen molar-refractivity contribution in [3.05, 3.63) is 35.9 Å². The van der Waals surface area contributed by atoms with Gasteiger partial charge in [0.05, 0.1) is 19.6 Å². The van der Waals surface area contributed by atoms with Crippen molar-refractivity contribution in [3.8, 4) is 0 Å². The summed E-state index contributed by atoms with van der Waals surface area (Å²) in [4.78, 5) is 45.6. The predicted molar refractivity (Wildman–Crippen MR) is 96.1 cm³/mol. The number of hydrogen-bond acceptors (Lipinski definition) is 7. The molecule has 0 aromatic heterocycles. The zero-order chi connectivity index (χ0) is 20.9. The number of carbonyl (C=O) groups excluding carboxylic acids is 3. The number of aliphatic hydroxyl groups is 1. The Morgan fingerprint density at radius 1 is 1.14 bits per heavy atom. The van der Waals surface area contributed by atoms with Gasteiger partial charge in [-0.3, -0.25) is 9.59 Å². The van der Waals surface area contributed by atoms with E-state index < -0.39 is 42.5 Å². The van der Waals surface area contributed by atoms with E-state index in [0.717, 1.165) is 5.56 Å². The number of nitrogens with one attached hydrogen (secondary N) is 2. The molecule has 10 heteroatoms. The molecule has 0 aliphatic carbocycles. The lowest BCUT2D eigenvalue weighted by atomic mass is 10.1. The molecule has 0 saturated carbocycles. The van der Waals surface area contributed by atoms with Gasteiger partial charge in [-0.2, -0.15) is 0 Å². The van der Waals surface area contributed by atoms with Crippen LogP contribution in [0.25, 0.3) is 0 Å². The second-order valence-electron chi connectivity index (χ2n) is 5.87. The normalized spacial score (nSPS) is 12.4. The highest BCUT2D eigenvalue weighted by Gasteiger charge is 2.22. The van der Waals surface area contributed by atoms with E-state index in [1.54, 1.807) is 24.3 Å². The number of benzene rings is 1. The van der Waals surface area contributed by atoms with Crippen molar-refractivity contribution in [3.63, 3.8) is 0 Å². The second kappa shape index (κ2) is 12.3. The molecule has 0 saturated heterocycles. The molecule has 0 fully saturated rings. The Bertz CT molecular complexity index is 665. The fraction of sp³-hybridized carbons (Fsp3) is 0.444. The van der Waals surface area contributed by atoms with Gasteiger partial charge >= 0.3 is 18.0 Å². The number of hydrogen-bond donors (Lipinski definition) is 4. The van der Waals surface area contributed by atoms with E-state index in [9.17, 15) is 24.3 Å². The van der Waals surface area contributed by atoms with Crippen molar-refractivity contribution in [1.29, 1.82) is 0 Å². The number of carboxylic acid groups (broad SMARTS) is 1. The molecule has 0 unspecified atom stereocenters. The van der Waals surface area contributed by atoms with Crippen molar-refractivity contribution in [1.82, 2.24) is 10.6 Å². The molecule has 2 atom stereocenters. The van der Waals surface area contributed by atoms with Crippen molar-refractivity contribution < 1.29 is 38.9 Å². The number of aliphatic hydroxyl groups excluding tert-OH is 1. The summed E-state index contributed by atoms with van der Waals surface area (Å²) in [5.41, 5.74) is 0.796. The van der Waals surface area contributed by atoms with Crippen LogP contribution in [0.5, 0.6) is 0 Å². The van der Waals surface area contributed by atoms with Gasteiger partial charge in [0.2, 0.25) is 5.91 Å². The summed E-state index contributed by atoms with van der Waals surface area (Å²) in [7, 11) is 1.17. The van der Waals surface area contributed by atoms with Crippen LogP contribution < -0.4 is 10.6 Å². The molecule has 0 heterocycles. The van der Waals surface area contributed by atoms with E-state index >= 15 is 0 Å². The molecule has 1 aromatic carbocycles. The lowest BCUT2D eigenvalue weighted by molar-refractivity contribution is -0.144. The third kappa shape index (κ3) is 9.53. The first kappa shape index (κ1) is 22.9. The Kier molecular flexibility index (Phi) is 10.0. The highest BCUT2D eigenvalue weighted by molar-refractivity contribution is 5.84. The van der Waals surface area contributed by atoms with Crippen LogP contribution in [-0.4, -0.2) is 60.0 Å². The van der Waals surface area contributed by atoms with Gasteiger partial charge < -0.3 is 30.3 Å². The van der Waals surface area contributed by atoms with E-state index in [0.29, 0.717) is 0 Å². The highest BCUT2D eigenvalue weighted by atomic mass is 16.5. The molecule has 1 aromatic rings. The largest absolute Gasteiger partial charge is 0.480 e. The van der Waals surface area contributed by atoms with E-state index in [-0.39, 0.29) is 26.0 Å². The van der Waals surface area contributed by atoms with Crippen molar-refractivity contribution in [2.24, 2.45) is 0 Å². The van der Waals surface area contributed by atoms with Gasteiger partial charge in [-0.1, -0.05) is 30.3 Å². The molecule has 0 spiro atoms. The van der Waals surface area contributed by atoms with Crippen molar-refractivity contribution in [2.75, 3.05) is 13.7 Å². The number of aliphatic carboxylic acids is 1. The summed E-state index contributed by atoms with van der Waals surface area (Å²) in [6.45, 7) is -0.190. The van der Waals surface area contributed by atoms with Crippen LogP contribution in [0.3, 0.4) is 0 Å². The maximum Gasteiger partial charge on any atom is 0.407 e. The van der Waals surface area contributed by atoms with Gasteiger partial charge in [-0.25, -0.2) is 9.59 Å². The molecule has 154 valence electrons. The summed E-state index contributed by atoms with van der Waals surface area (Å²) < 4.78 is 9.38. The molecular formula is C18H24N2O8. The molecule has 0 aliphatic rings. The number of carboxylic acids is 1. The SMILES string of the molecule is COC(=O)CC[C@@H](NC(=O)C[C@H](O)CNC(=O)OCc1ccccc1)C(=O)O. The Hall–Kier alpha value is -3.14. The van der Waals surface area contributed by atoms with Gasteiger partial charge in [-0.15, -0.1) is 0 Å². The number of carbonyl (C=O) groups is 4. The second-order valence-corrected chi connectivity index (χ2v) is 5.87. The Balaban J connectivity index is 2.31. The molecule has 28 heavy (non-hydrogen) atoms. The molecular weight excluding hydrogens is 372 g/mol. The average Bonchev–Trinajstić information content (AvgIpc) is 2.68. The number of ether oxygens (including phenoxy) is 2. The first-order chi connectivity index (χ1) is 13.3. The van der Waals surface area contributed by atoms with Crippen LogP contribution in [0.4, 0.5) is 4.79 Å².